The van der Waals surface area contributed by atoms with Gasteiger partial charge in [-0.25, -0.2) is 0 Å². The fourth-order valence-corrected chi connectivity index (χ4v) is 11.9. The van der Waals surface area contributed by atoms with E-state index in [2.05, 4.69) is 228 Å². The molecule has 0 saturated heterocycles. The highest BCUT2D eigenvalue weighted by atomic mass is 32.1. The van der Waals surface area contributed by atoms with Crippen molar-refractivity contribution in [1.29, 1.82) is 0 Å². The van der Waals surface area contributed by atoms with Gasteiger partial charge in [-0.2, -0.15) is 0 Å². The lowest BCUT2D eigenvalue weighted by Gasteiger charge is -2.33. The van der Waals surface area contributed by atoms with Crippen LogP contribution in [0, 0.1) is 0 Å². The van der Waals surface area contributed by atoms with Gasteiger partial charge in [0, 0.05) is 84.6 Å². The first-order valence-electron chi connectivity index (χ1n) is 21.1. The second-order valence-corrected chi connectivity index (χ2v) is 18.2. The first-order valence-corrected chi connectivity index (χ1v) is 22.7. The van der Waals surface area contributed by atoms with Gasteiger partial charge in [-0.1, -0.05) is 146 Å². The highest BCUT2D eigenvalue weighted by Crippen LogP contribution is 2.52. The first-order chi connectivity index (χ1) is 30.7. The Morgan fingerprint density at radius 3 is 0.952 bits per heavy atom. The minimum Gasteiger partial charge on any atom is -0.309 e. The monoisotopic (exact) mass is 824 g/mol. The smallest absolute Gasteiger partial charge is 0.0619 e. The van der Waals surface area contributed by atoms with Crippen LogP contribution in [-0.2, 0) is 0 Å². The predicted octanol–water partition coefficient (Wildman–Crippen LogP) is 18.0. The van der Waals surface area contributed by atoms with Gasteiger partial charge >= 0.3 is 0 Å². The van der Waals surface area contributed by atoms with E-state index in [0.717, 1.165) is 34.1 Å². The summed E-state index contributed by atoms with van der Waals surface area (Å²) in [6.45, 7) is 0. The van der Waals surface area contributed by atoms with Crippen molar-refractivity contribution in [3.8, 4) is 0 Å². The zero-order chi connectivity index (χ0) is 40.7. The summed E-state index contributed by atoms with van der Waals surface area (Å²) in [6, 6.07) is 80.9. The van der Waals surface area contributed by atoms with Crippen LogP contribution in [0.2, 0.25) is 0 Å². The maximum absolute atomic E-state index is 2.51. The number of hydrogen-bond acceptors (Lipinski definition) is 4. The van der Waals surface area contributed by atoms with Gasteiger partial charge in [0.05, 0.1) is 11.4 Å². The molecule has 0 aliphatic rings. The maximum atomic E-state index is 2.51. The normalized spacial score (nSPS) is 11.9. The summed E-state index contributed by atoms with van der Waals surface area (Å²) in [5.74, 6) is 0. The van der Waals surface area contributed by atoms with E-state index < -0.39 is 0 Å². The second kappa shape index (κ2) is 14.0. The molecule has 13 aromatic rings. The zero-order valence-corrected chi connectivity index (χ0v) is 35.1. The molecule has 290 valence electrons. The maximum Gasteiger partial charge on any atom is 0.0619 e. The van der Waals surface area contributed by atoms with Gasteiger partial charge in [0.15, 0.2) is 0 Å². The first kappa shape index (κ1) is 35.3. The van der Waals surface area contributed by atoms with Crippen LogP contribution < -0.4 is 9.80 Å². The van der Waals surface area contributed by atoms with E-state index in [1.165, 1.54) is 83.4 Å². The van der Waals surface area contributed by atoms with E-state index >= 15 is 0 Å². The summed E-state index contributed by atoms with van der Waals surface area (Å²) in [6.07, 6.45) is 0. The van der Waals surface area contributed by atoms with Crippen LogP contribution in [0.3, 0.4) is 0 Å². The van der Waals surface area contributed by atoms with Crippen molar-refractivity contribution in [3.63, 3.8) is 0 Å². The zero-order valence-electron chi connectivity index (χ0n) is 33.5. The van der Waals surface area contributed by atoms with Crippen LogP contribution in [0.5, 0.6) is 0 Å². The van der Waals surface area contributed by atoms with Crippen molar-refractivity contribution in [2.75, 3.05) is 9.80 Å². The van der Waals surface area contributed by atoms with Crippen LogP contribution >= 0.6 is 22.7 Å². The van der Waals surface area contributed by atoms with Crippen LogP contribution in [0.15, 0.2) is 218 Å². The van der Waals surface area contributed by atoms with E-state index in [9.17, 15) is 0 Å². The molecule has 0 aliphatic heterocycles. The van der Waals surface area contributed by atoms with E-state index in [4.69, 9.17) is 0 Å². The standard InChI is InChI=1S/C58H36N2S2/c1-3-15-39-33-41(27-25-37(39)13-1)59(43-29-31-55-51(35-43)45-17-9-11-23-53(45)61-55)57-47-19-5-7-21-49(47)58(50-22-8-6-20-48(50)57)60(42-28-26-38-14-2-4-16-40(38)34-42)44-30-32-56-52(36-44)46-18-10-12-24-54(46)62-56/h1-36H. The lowest BCUT2D eigenvalue weighted by Crippen LogP contribution is -2.14. The van der Waals surface area contributed by atoms with E-state index in [1.54, 1.807) is 0 Å². The molecule has 0 bridgehead atoms. The Morgan fingerprint density at radius 1 is 0.226 bits per heavy atom. The molecule has 0 atom stereocenters. The van der Waals surface area contributed by atoms with E-state index in [1.807, 2.05) is 22.7 Å². The Morgan fingerprint density at radius 2 is 0.532 bits per heavy atom. The molecule has 2 heterocycles. The largest absolute Gasteiger partial charge is 0.309 e. The molecule has 0 N–H and O–H groups in total. The molecule has 0 amide bonds. The number of rotatable bonds is 6. The fourth-order valence-electron chi connectivity index (χ4n) is 9.72. The van der Waals surface area contributed by atoms with Crippen molar-refractivity contribution in [3.05, 3.63) is 218 Å². The minimum absolute atomic E-state index is 1.12. The van der Waals surface area contributed by atoms with Crippen LogP contribution in [0.25, 0.3) is 83.4 Å². The average molecular weight is 825 g/mol. The molecule has 2 aromatic heterocycles. The summed E-state index contributed by atoms with van der Waals surface area (Å²) < 4.78 is 5.19. The molecular formula is C58H36N2S2. The van der Waals surface area contributed by atoms with Crippen molar-refractivity contribution in [2.24, 2.45) is 0 Å². The molecule has 2 nitrogen and oxygen atoms in total. The number of hydrogen-bond donors (Lipinski definition) is 0. The van der Waals surface area contributed by atoms with Crippen LogP contribution in [-0.4, -0.2) is 0 Å². The predicted molar refractivity (Wildman–Crippen MR) is 272 cm³/mol. The van der Waals surface area contributed by atoms with Crippen molar-refractivity contribution >= 4 is 140 Å². The summed E-state index contributed by atoms with van der Waals surface area (Å²) >= 11 is 3.72. The van der Waals surface area contributed by atoms with Gasteiger partial charge in [-0.05, 0) is 94.3 Å². The van der Waals surface area contributed by atoms with Crippen molar-refractivity contribution in [2.45, 2.75) is 0 Å². The Labute approximate surface area is 366 Å². The highest BCUT2D eigenvalue weighted by Gasteiger charge is 2.26. The summed E-state index contributed by atoms with van der Waals surface area (Å²) in [4.78, 5) is 5.02. The van der Waals surface area contributed by atoms with Crippen LogP contribution in [0.1, 0.15) is 0 Å². The van der Waals surface area contributed by atoms with Gasteiger partial charge in [-0.3, -0.25) is 0 Å². The highest BCUT2D eigenvalue weighted by molar-refractivity contribution is 7.26. The SMILES string of the molecule is c1ccc2cc(N(c3ccc4sc5ccccc5c4c3)c3c4ccccc4c(N(c4ccc5ccccc5c4)c4ccc5sc6ccccc6c5c4)c4ccccc34)ccc2c1. The molecule has 0 aliphatic carbocycles. The number of benzene rings is 11. The molecular weight excluding hydrogens is 789 g/mol. The summed E-state index contributed by atoms with van der Waals surface area (Å²) in [5.41, 5.74) is 6.80. The van der Waals surface area contributed by atoms with E-state index in [0.29, 0.717) is 0 Å². The molecule has 4 heteroatoms. The second-order valence-electron chi connectivity index (χ2n) is 16.1. The summed E-state index contributed by atoms with van der Waals surface area (Å²) in [7, 11) is 0. The number of nitrogens with zero attached hydrogens (tertiary/aromatic N) is 2. The van der Waals surface area contributed by atoms with Gasteiger partial charge < -0.3 is 9.80 Å². The molecule has 11 aromatic carbocycles. The fraction of sp³-hybridized carbons (Fsp3) is 0. The minimum atomic E-state index is 1.12. The number of fused-ring (bicyclic) bond motifs is 10. The molecule has 0 spiro atoms. The number of thiophene rings is 2. The third-order valence-corrected chi connectivity index (χ3v) is 14.8. The lowest BCUT2D eigenvalue weighted by atomic mass is 9.95. The molecule has 0 saturated carbocycles. The van der Waals surface area contributed by atoms with Gasteiger partial charge in [-0.15, -0.1) is 22.7 Å². The van der Waals surface area contributed by atoms with Crippen LogP contribution in [0.4, 0.5) is 34.1 Å². The van der Waals surface area contributed by atoms with E-state index in [-0.39, 0.29) is 0 Å². The van der Waals surface area contributed by atoms with Crippen molar-refractivity contribution in [1.82, 2.24) is 0 Å². The Hall–Kier alpha value is -7.50. The Kier molecular flexibility index (Phi) is 7.99. The Balaban J connectivity index is 1.13. The van der Waals surface area contributed by atoms with Gasteiger partial charge in [0.1, 0.15) is 0 Å². The third kappa shape index (κ3) is 5.54. The van der Waals surface area contributed by atoms with Gasteiger partial charge in [0.2, 0.25) is 0 Å². The lowest BCUT2D eigenvalue weighted by molar-refractivity contribution is 1.31. The molecule has 13 rings (SSSR count). The molecule has 62 heavy (non-hydrogen) atoms. The molecule has 0 radical (unpaired) electrons. The van der Waals surface area contributed by atoms with Gasteiger partial charge in [0.25, 0.3) is 0 Å². The summed E-state index contributed by atoms with van der Waals surface area (Å²) in [5, 5.41) is 14.7. The molecule has 0 fully saturated rings. The number of anilines is 6. The third-order valence-electron chi connectivity index (χ3n) is 12.5. The molecule has 0 unspecified atom stereocenters. The van der Waals surface area contributed by atoms with Crippen molar-refractivity contribution < 1.29 is 0 Å². The quantitative estimate of drug-likeness (QED) is 0.122. The topological polar surface area (TPSA) is 6.48 Å². The Bertz CT molecular complexity index is 3600. The average Bonchev–Trinajstić information content (AvgIpc) is 3.90.